The molecule has 0 amide bonds. The molecule has 8 heteroatoms. The normalized spacial score (nSPS) is 11.8. The van der Waals surface area contributed by atoms with E-state index in [2.05, 4.69) is 15.7 Å². The summed E-state index contributed by atoms with van der Waals surface area (Å²) in [6.07, 6.45) is 0.600. The third kappa shape index (κ3) is 3.72. The molecule has 0 heterocycles. The van der Waals surface area contributed by atoms with Gasteiger partial charge in [0.25, 0.3) is 0 Å². The lowest BCUT2D eigenvalue weighted by Gasteiger charge is -2.02. The average molecular weight is 260 g/mol. The second kappa shape index (κ2) is 5.80. The summed E-state index contributed by atoms with van der Waals surface area (Å²) in [6.45, 7) is 0. The fourth-order valence-electron chi connectivity index (χ4n) is 0.887. The number of anilines is 1. The number of hydrogen-bond acceptors (Lipinski definition) is 5. The topological polar surface area (TPSA) is 94.3 Å². The van der Waals surface area contributed by atoms with Gasteiger partial charge in [0, 0.05) is 5.02 Å². The summed E-state index contributed by atoms with van der Waals surface area (Å²) in [4.78, 5) is 10.6. The van der Waals surface area contributed by atoms with Gasteiger partial charge in [-0.2, -0.15) is 5.10 Å². The van der Waals surface area contributed by atoms with Crippen LogP contribution in [0.2, 0.25) is 5.02 Å². The molecule has 0 spiro atoms. The van der Waals surface area contributed by atoms with Crippen molar-refractivity contribution in [3.63, 3.8) is 0 Å². The Hall–Kier alpha value is -2.15. The fourth-order valence-corrected chi connectivity index (χ4v) is 1.05. The highest BCUT2D eigenvalue weighted by atomic mass is 35.5. The highest BCUT2D eigenvalue weighted by Crippen LogP contribution is 2.18. The van der Waals surface area contributed by atoms with Gasteiger partial charge in [-0.05, 0) is 18.2 Å². The van der Waals surface area contributed by atoms with Crippen molar-refractivity contribution in [3.8, 4) is 0 Å². The molecule has 1 aromatic rings. The van der Waals surface area contributed by atoms with E-state index < -0.39 is 17.5 Å². The van der Waals surface area contributed by atoms with E-state index in [1.54, 1.807) is 0 Å². The van der Waals surface area contributed by atoms with E-state index in [0.29, 0.717) is 6.21 Å². The minimum atomic E-state index is -1.43. The van der Waals surface area contributed by atoms with Gasteiger partial charge in [0.05, 0.1) is 5.69 Å². The van der Waals surface area contributed by atoms with E-state index in [4.69, 9.17) is 21.9 Å². The van der Waals surface area contributed by atoms with E-state index >= 15 is 0 Å². The first-order chi connectivity index (χ1) is 8.04. The molecule has 0 saturated heterocycles. The second-order valence-corrected chi connectivity index (χ2v) is 3.22. The number of nitrogens with zero attached hydrogens (tertiary/aromatic N) is 2. The summed E-state index contributed by atoms with van der Waals surface area (Å²) >= 11 is 5.53. The van der Waals surface area contributed by atoms with E-state index in [0.717, 1.165) is 6.07 Å². The third-order valence-corrected chi connectivity index (χ3v) is 1.86. The molecule has 1 aromatic carbocycles. The summed E-state index contributed by atoms with van der Waals surface area (Å²) in [6, 6.07) is 3.74. The average Bonchev–Trinajstić information content (AvgIpc) is 2.25. The summed E-state index contributed by atoms with van der Waals surface area (Å²) in [7, 11) is 0. The van der Waals surface area contributed by atoms with Crippen LogP contribution < -0.4 is 5.43 Å². The summed E-state index contributed by atoms with van der Waals surface area (Å²) in [5.41, 5.74) is 1.54. The quantitative estimate of drug-likeness (QED) is 0.436. The smallest absolute Gasteiger partial charge is 0.358 e. The van der Waals surface area contributed by atoms with Crippen LogP contribution in [0.4, 0.5) is 10.1 Å². The molecule has 0 aromatic heterocycles. The number of aliphatic carboxylic acids is 1. The number of nitrogens with one attached hydrogen (secondary N) is 1. The van der Waals surface area contributed by atoms with Crippen molar-refractivity contribution in [2.45, 2.75) is 0 Å². The monoisotopic (exact) mass is 259 g/mol. The molecular formula is C9H7ClFN3O3. The number of halogens is 2. The Labute approximate surface area is 100 Å². The van der Waals surface area contributed by atoms with Crippen LogP contribution in [0.25, 0.3) is 0 Å². The standard InChI is InChI=1S/C9H7ClFN3O3/c10-5-1-2-7(6(11)3-5)13-14-8(4-12-17)9(15)16/h1-4,13,17H,(H,15,16)/b12-4+,14-8+. The van der Waals surface area contributed by atoms with E-state index in [1.807, 2.05) is 0 Å². The van der Waals surface area contributed by atoms with Gasteiger partial charge in [0.2, 0.25) is 0 Å². The first kappa shape index (κ1) is 12.9. The van der Waals surface area contributed by atoms with Crippen molar-refractivity contribution in [3.05, 3.63) is 29.0 Å². The number of hydrazone groups is 1. The fraction of sp³-hybridized carbons (Fsp3) is 0. The maximum Gasteiger partial charge on any atom is 0.358 e. The lowest BCUT2D eigenvalue weighted by molar-refractivity contribution is -0.129. The summed E-state index contributed by atoms with van der Waals surface area (Å²) in [5, 5.41) is 22.9. The lowest BCUT2D eigenvalue weighted by Crippen LogP contribution is -2.16. The van der Waals surface area contributed by atoms with Crippen LogP contribution in [0.15, 0.2) is 28.5 Å². The zero-order valence-corrected chi connectivity index (χ0v) is 9.02. The molecule has 0 fully saturated rings. The Morgan fingerprint density at radius 1 is 1.53 bits per heavy atom. The molecule has 0 radical (unpaired) electrons. The molecule has 0 atom stereocenters. The highest BCUT2D eigenvalue weighted by molar-refractivity contribution is 6.58. The largest absolute Gasteiger partial charge is 0.476 e. The van der Waals surface area contributed by atoms with Gasteiger partial charge in [-0.25, -0.2) is 9.18 Å². The van der Waals surface area contributed by atoms with Gasteiger partial charge in [-0.3, -0.25) is 5.43 Å². The van der Waals surface area contributed by atoms with E-state index in [-0.39, 0.29) is 10.7 Å². The van der Waals surface area contributed by atoms with Crippen molar-refractivity contribution in [2.24, 2.45) is 10.3 Å². The van der Waals surface area contributed by atoms with Crippen LogP contribution in [0.1, 0.15) is 0 Å². The highest BCUT2D eigenvalue weighted by Gasteiger charge is 2.07. The second-order valence-electron chi connectivity index (χ2n) is 2.78. The number of carbonyl (C=O) groups is 1. The Balaban J connectivity index is 2.90. The number of carboxylic acid groups (broad SMARTS) is 1. The Morgan fingerprint density at radius 2 is 2.24 bits per heavy atom. The van der Waals surface area contributed by atoms with Crippen molar-refractivity contribution >= 4 is 35.2 Å². The zero-order chi connectivity index (χ0) is 12.8. The third-order valence-electron chi connectivity index (χ3n) is 1.63. The van der Waals surface area contributed by atoms with Gasteiger partial charge in [-0.15, -0.1) is 0 Å². The van der Waals surface area contributed by atoms with Gasteiger partial charge < -0.3 is 10.3 Å². The van der Waals surface area contributed by atoms with Gasteiger partial charge in [0.15, 0.2) is 5.71 Å². The van der Waals surface area contributed by atoms with Crippen LogP contribution in [0.3, 0.4) is 0 Å². The van der Waals surface area contributed by atoms with Gasteiger partial charge in [0.1, 0.15) is 12.0 Å². The summed E-state index contributed by atoms with van der Waals surface area (Å²) in [5.74, 6) is -2.11. The van der Waals surface area contributed by atoms with Crippen molar-refractivity contribution in [1.29, 1.82) is 0 Å². The number of hydrogen-bond donors (Lipinski definition) is 3. The number of oxime groups is 1. The number of carboxylic acids is 1. The lowest BCUT2D eigenvalue weighted by atomic mass is 10.3. The molecule has 17 heavy (non-hydrogen) atoms. The van der Waals surface area contributed by atoms with E-state index in [1.165, 1.54) is 12.1 Å². The summed E-state index contributed by atoms with van der Waals surface area (Å²) < 4.78 is 13.2. The Morgan fingerprint density at radius 3 is 2.76 bits per heavy atom. The molecule has 1 rings (SSSR count). The predicted molar refractivity (Wildman–Crippen MR) is 60.4 cm³/mol. The van der Waals surface area contributed by atoms with Crippen LogP contribution in [-0.4, -0.2) is 28.2 Å². The minimum Gasteiger partial charge on any atom is -0.476 e. The van der Waals surface area contributed by atoms with Gasteiger partial charge in [-0.1, -0.05) is 16.8 Å². The number of benzene rings is 1. The first-order valence-corrected chi connectivity index (χ1v) is 4.62. The molecule has 6 nitrogen and oxygen atoms in total. The zero-order valence-electron chi connectivity index (χ0n) is 8.26. The maximum atomic E-state index is 13.2. The van der Waals surface area contributed by atoms with Crippen molar-refractivity contribution < 1.29 is 19.5 Å². The van der Waals surface area contributed by atoms with Crippen molar-refractivity contribution in [1.82, 2.24) is 0 Å². The maximum absolute atomic E-state index is 13.2. The Bertz CT molecular complexity index is 490. The number of rotatable bonds is 4. The SMILES string of the molecule is O=C(O)C(/C=N/O)=N/Nc1ccc(Cl)cc1F. The first-order valence-electron chi connectivity index (χ1n) is 4.24. The van der Waals surface area contributed by atoms with E-state index in [9.17, 15) is 9.18 Å². The molecular weight excluding hydrogens is 253 g/mol. The predicted octanol–water partition coefficient (Wildman–Crippen LogP) is 1.79. The van der Waals surface area contributed by atoms with Crippen molar-refractivity contribution in [2.75, 3.05) is 5.43 Å². The Kier molecular flexibility index (Phi) is 4.41. The molecule has 0 unspecified atom stereocenters. The van der Waals surface area contributed by atoms with Crippen LogP contribution in [0, 0.1) is 5.82 Å². The molecule has 0 aliphatic carbocycles. The van der Waals surface area contributed by atoms with Crippen LogP contribution in [0.5, 0.6) is 0 Å². The van der Waals surface area contributed by atoms with Gasteiger partial charge >= 0.3 is 5.97 Å². The molecule has 0 aliphatic heterocycles. The molecule has 0 bridgehead atoms. The minimum absolute atomic E-state index is 0.0560. The van der Waals surface area contributed by atoms with Crippen LogP contribution >= 0.6 is 11.6 Å². The molecule has 0 aliphatic rings. The molecule has 90 valence electrons. The molecule has 0 saturated carbocycles. The molecule has 3 N–H and O–H groups in total. The van der Waals surface area contributed by atoms with Crippen LogP contribution in [-0.2, 0) is 4.79 Å².